The Morgan fingerprint density at radius 3 is 2.87 bits per heavy atom. The molecule has 80 valence electrons. The molecule has 0 heterocycles. The van der Waals surface area contributed by atoms with Gasteiger partial charge in [0.15, 0.2) is 5.78 Å². The van der Waals surface area contributed by atoms with Crippen LogP contribution in [0.25, 0.3) is 0 Å². The first-order chi connectivity index (χ1) is 7.15. The Hall–Kier alpha value is -1.64. The van der Waals surface area contributed by atoms with Gasteiger partial charge in [0, 0.05) is 17.8 Å². The minimum absolute atomic E-state index is 0.141. The molecule has 0 radical (unpaired) electrons. The van der Waals surface area contributed by atoms with Crippen LogP contribution in [0.4, 0.5) is 10.1 Å². The number of allylic oxidation sites excluding steroid dienone is 1. The van der Waals surface area contributed by atoms with Crippen molar-refractivity contribution < 1.29 is 9.18 Å². The number of anilines is 1. The maximum atomic E-state index is 12.9. The summed E-state index contributed by atoms with van der Waals surface area (Å²) in [6, 6.07) is 4.17. The van der Waals surface area contributed by atoms with Crippen LogP contribution in [-0.4, -0.2) is 12.3 Å². The minimum Gasteiger partial charge on any atom is -0.381 e. The molecular formula is C12H14FNO. The van der Waals surface area contributed by atoms with Crippen LogP contribution in [0.2, 0.25) is 0 Å². The molecule has 1 N–H and O–H groups in total. The molecule has 0 amide bonds. The van der Waals surface area contributed by atoms with Crippen molar-refractivity contribution in [2.24, 2.45) is 0 Å². The predicted molar refractivity (Wildman–Crippen MR) is 59.7 cm³/mol. The molecule has 3 heteroatoms. The van der Waals surface area contributed by atoms with E-state index in [2.05, 4.69) is 5.32 Å². The van der Waals surface area contributed by atoms with Crippen molar-refractivity contribution >= 4 is 11.5 Å². The number of nitrogens with one attached hydrogen (secondary N) is 1. The van der Waals surface area contributed by atoms with Crippen LogP contribution in [0.3, 0.4) is 0 Å². The van der Waals surface area contributed by atoms with Gasteiger partial charge in [-0.3, -0.25) is 4.79 Å². The zero-order valence-electron chi connectivity index (χ0n) is 8.88. The average Bonchev–Trinajstić information content (AvgIpc) is 2.20. The molecule has 0 fully saturated rings. The Morgan fingerprint density at radius 1 is 1.53 bits per heavy atom. The quantitative estimate of drug-likeness (QED) is 0.607. The van der Waals surface area contributed by atoms with E-state index in [9.17, 15) is 9.18 Å². The molecule has 1 rings (SSSR count). The number of Topliss-reactive ketones (excluding diaryl/α,β-unsaturated/α-hetero) is 1. The fourth-order valence-corrected chi connectivity index (χ4v) is 1.25. The molecule has 0 saturated carbocycles. The zero-order chi connectivity index (χ0) is 11.3. The molecule has 0 aliphatic rings. The van der Waals surface area contributed by atoms with Crippen LogP contribution in [0.15, 0.2) is 30.4 Å². The van der Waals surface area contributed by atoms with Gasteiger partial charge in [-0.25, -0.2) is 4.39 Å². The third-order valence-electron chi connectivity index (χ3n) is 2.01. The van der Waals surface area contributed by atoms with Crippen molar-refractivity contribution in [2.75, 3.05) is 11.9 Å². The highest BCUT2D eigenvalue weighted by atomic mass is 19.1. The van der Waals surface area contributed by atoms with E-state index >= 15 is 0 Å². The smallest absolute Gasteiger partial charge is 0.161 e. The number of hydrogen-bond donors (Lipinski definition) is 1. The van der Waals surface area contributed by atoms with Gasteiger partial charge in [-0.2, -0.15) is 0 Å². The van der Waals surface area contributed by atoms with Crippen molar-refractivity contribution in [3.8, 4) is 0 Å². The van der Waals surface area contributed by atoms with Crippen LogP contribution < -0.4 is 5.32 Å². The fourth-order valence-electron chi connectivity index (χ4n) is 1.25. The van der Waals surface area contributed by atoms with Gasteiger partial charge in [0.05, 0.1) is 0 Å². The largest absolute Gasteiger partial charge is 0.381 e. The van der Waals surface area contributed by atoms with E-state index in [1.165, 1.54) is 19.1 Å². The van der Waals surface area contributed by atoms with Crippen LogP contribution in [0.5, 0.6) is 0 Å². The Bertz CT molecular complexity index is 385. The lowest BCUT2D eigenvalue weighted by atomic mass is 10.1. The Labute approximate surface area is 88.8 Å². The summed E-state index contributed by atoms with van der Waals surface area (Å²) in [7, 11) is 0. The second kappa shape index (κ2) is 5.29. The highest BCUT2D eigenvalue weighted by Gasteiger charge is 2.07. The molecule has 1 aromatic carbocycles. The molecule has 0 aliphatic heterocycles. The zero-order valence-corrected chi connectivity index (χ0v) is 8.88. The molecule has 0 aliphatic carbocycles. The van der Waals surface area contributed by atoms with Gasteiger partial charge in [-0.15, -0.1) is 0 Å². The number of carbonyl (C=O) groups excluding carboxylic acids is 1. The molecular weight excluding hydrogens is 193 g/mol. The first-order valence-electron chi connectivity index (χ1n) is 4.80. The number of hydrogen-bond acceptors (Lipinski definition) is 2. The van der Waals surface area contributed by atoms with E-state index in [-0.39, 0.29) is 5.78 Å². The van der Waals surface area contributed by atoms with E-state index in [4.69, 9.17) is 0 Å². The summed E-state index contributed by atoms with van der Waals surface area (Å²) >= 11 is 0. The fraction of sp³-hybridized carbons (Fsp3) is 0.250. The minimum atomic E-state index is -0.392. The summed E-state index contributed by atoms with van der Waals surface area (Å²) in [6.45, 7) is 3.97. The van der Waals surface area contributed by atoms with Crippen LogP contribution in [0.1, 0.15) is 24.2 Å². The van der Waals surface area contributed by atoms with E-state index in [1.807, 2.05) is 19.1 Å². The molecule has 0 atom stereocenters. The van der Waals surface area contributed by atoms with Crippen molar-refractivity contribution in [1.29, 1.82) is 0 Å². The van der Waals surface area contributed by atoms with E-state index in [0.29, 0.717) is 17.8 Å². The second-order valence-electron chi connectivity index (χ2n) is 3.20. The predicted octanol–water partition coefficient (Wildman–Crippen LogP) is 3.02. The van der Waals surface area contributed by atoms with Gasteiger partial charge in [-0.05, 0) is 32.0 Å². The topological polar surface area (TPSA) is 29.1 Å². The summed E-state index contributed by atoms with van der Waals surface area (Å²) in [5.41, 5.74) is 1.06. The summed E-state index contributed by atoms with van der Waals surface area (Å²) in [5, 5.41) is 3.05. The number of benzene rings is 1. The van der Waals surface area contributed by atoms with Crippen molar-refractivity contribution in [3.63, 3.8) is 0 Å². The molecule has 0 saturated heterocycles. The van der Waals surface area contributed by atoms with Gasteiger partial charge in [-0.1, -0.05) is 12.2 Å². The maximum Gasteiger partial charge on any atom is 0.161 e. The lowest BCUT2D eigenvalue weighted by Gasteiger charge is -2.08. The van der Waals surface area contributed by atoms with Crippen molar-refractivity contribution in [1.82, 2.24) is 0 Å². The summed E-state index contributed by atoms with van der Waals surface area (Å²) in [4.78, 5) is 11.2. The molecule has 0 spiro atoms. The number of ketones is 1. The van der Waals surface area contributed by atoms with Gasteiger partial charge in [0.1, 0.15) is 5.82 Å². The normalized spacial score (nSPS) is 10.6. The molecule has 2 nitrogen and oxygen atoms in total. The first-order valence-corrected chi connectivity index (χ1v) is 4.80. The standard InChI is InChI=1S/C12H14FNO/c1-3-4-7-14-12-6-5-10(13)8-11(12)9(2)15/h3-6,8,14H,7H2,1-2H3/b4-3+. The lowest BCUT2D eigenvalue weighted by molar-refractivity contribution is 0.101. The third-order valence-corrected chi connectivity index (χ3v) is 2.01. The maximum absolute atomic E-state index is 12.9. The van der Waals surface area contributed by atoms with Crippen molar-refractivity contribution in [2.45, 2.75) is 13.8 Å². The molecule has 0 unspecified atom stereocenters. The lowest BCUT2D eigenvalue weighted by Crippen LogP contribution is -2.05. The molecule has 15 heavy (non-hydrogen) atoms. The third kappa shape index (κ3) is 3.20. The Balaban J connectivity index is 2.90. The first kappa shape index (κ1) is 11.4. The van der Waals surface area contributed by atoms with Gasteiger partial charge in [0.25, 0.3) is 0 Å². The summed E-state index contributed by atoms with van der Waals surface area (Å²) < 4.78 is 12.9. The second-order valence-corrected chi connectivity index (χ2v) is 3.20. The van der Waals surface area contributed by atoms with E-state index in [1.54, 1.807) is 6.07 Å². The van der Waals surface area contributed by atoms with Gasteiger partial charge in [0.2, 0.25) is 0 Å². The van der Waals surface area contributed by atoms with E-state index < -0.39 is 5.82 Å². The van der Waals surface area contributed by atoms with Crippen LogP contribution in [-0.2, 0) is 0 Å². The monoisotopic (exact) mass is 207 g/mol. The molecule has 0 bridgehead atoms. The molecule has 0 aromatic heterocycles. The number of rotatable bonds is 4. The SMILES string of the molecule is C/C=C/CNc1ccc(F)cc1C(C)=O. The van der Waals surface area contributed by atoms with E-state index in [0.717, 1.165) is 0 Å². The van der Waals surface area contributed by atoms with Gasteiger partial charge < -0.3 is 5.32 Å². The Kier molecular flexibility index (Phi) is 4.03. The van der Waals surface area contributed by atoms with Crippen LogP contribution in [0, 0.1) is 5.82 Å². The molecule has 1 aromatic rings. The van der Waals surface area contributed by atoms with Gasteiger partial charge >= 0.3 is 0 Å². The highest BCUT2D eigenvalue weighted by molar-refractivity contribution is 5.99. The van der Waals surface area contributed by atoms with Crippen LogP contribution >= 0.6 is 0 Å². The summed E-state index contributed by atoms with van der Waals surface area (Å²) in [5.74, 6) is -0.533. The average molecular weight is 207 g/mol. The summed E-state index contributed by atoms with van der Waals surface area (Å²) in [6.07, 6.45) is 3.83. The highest BCUT2D eigenvalue weighted by Crippen LogP contribution is 2.17. The number of carbonyl (C=O) groups is 1. The van der Waals surface area contributed by atoms with Crippen molar-refractivity contribution in [3.05, 3.63) is 41.7 Å². The number of halogens is 1. The Morgan fingerprint density at radius 2 is 2.27 bits per heavy atom.